The van der Waals surface area contributed by atoms with Gasteiger partial charge in [-0.15, -0.1) is 13.2 Å². The Morgan fingerprint density at radius 2 is 1.11 bits per heavy atom. The summed E-state index contributed by atoms with van der Waals surface area (Å²) < 4.78 is 152. The Hall–Kier alpha value is -6.23. The summed E-state index contributed by atoms with van der Waals surface area (Å²) in [5.74, 6) is -7.77. The summed E-state index contributed by atoms with van der Waals surface area (Å²) >= 11 is 11.1. The van der Waals surface area contributed by atoms with Crippen molar-refractivity contribution < 1.29 is 67.4 Å². The lowest BCUT2D eigenvalue weighted by Crippen LogP contribution is -2.18. The molecule has 0 aliphatic carbocycles. The highest BCUT2D eigenvalue weighted by molar-refractivity contribution is 6.32. The minimum absolute atomic E-state index is 0.0517. The minimum atomic E-state index is -5.30. The Labute approximate surface area is 312 Å². The minimum Gasteiger partial charge on any atom is -0.453 e. The van der Waals surface area contributed by atoms with Gasteiger partial charge in [0.05, 0.1) is 56.1 Å². The molecule has 0 aliphatic rings. The number of hydrogen-bond donors (Lipinski definition) is 4. The molecule has 5 aromatic rings. The van der Waals surface area contributed by atoms with Gasteiger partial charge in [-0.25, -0.2) is 19.0 Å². The zero-order valence-electron chi connectivity index (χ0n) is 26.6. The van der Waals surface area contributed by atoms with Crippen LogP contribution in [0.15, 0.2) is 76.6 Å². The molecule has 0 bridgehead atoms. The molecule has 0 aliphatic heterocycles. The first kappa shape index (κ1) is 42.5. The van der Waals surface area contributed by atoms with Gasteiger partial charge in [-0.3, -0.25) is 19.2 Å². The number of anilines is 2. The zero-order valence-corrected chi connectivity index (χ0v) is 28.1. The molecule has 0 atom stereocenters. The van der Waals surface area contributed by atoms with Crippen LogP contribution in [-0.2, 0) is 12.4 Å². The number of hydrogen-bond acceptors (Lipinski definition) is 8. The topological polar surface area (TPSA) is 168 Å². The average molecular weight is 847 g/mol. The van der Waals surface area contributed by atoms with Gasteiger partial charge in [-0.05, 0) is 36.4 Å². The molecule has 0 fully saturated rings. The molecule has 56 heavy (non-hydrogen) atoms. The van der Waals surface area contributed by atoms with Crippen LogP contribution in [0.2, 0.25) is 10.0 Å². The van der Waals surface area contributed by atoms with Gasteiger partial charge in [-0.2, -0.15) is 36.5 Å². The number of aromatic nitrogens is 4. The van der Waals surface area contributed by atoms with E-state index in [-0.39, 0.29) is 29.6 Å². The third-order valence-electron chi connectivity index (χ3n) is 6.42. The van der Waals surface area contributed by atoms with Gasteiger partial charge in [0.15, 0.2) is 11.5 Å². The number of nitrogens with one attached hydrogen (secondary N) is 4. The van der Waals surface area contributed by atoms with Gasteiger partial charge in [0.2, 0.25) is 0 Å². The number of carbonyl (C=O) groups is 2. The van der Waals surface area contributed by atoms with Crippen molar-refractivity contribution in [3.63, 3.8) is 0 Å². The van der Waals surface area contributed by atoms with Crippen LogP contribution in [0.4, 0.5) is 59.7 Å². The molecular formula is C31H15Cl2F11N6O6. The highest BCUT2D eigenvalue weighted by Gasteiger charge is 2.37. The molecule has 0 unspecified atom stereocenters. The number of ether oxygens (including phenoxy) is 2. The number of rotatable bonds is 7. The molecule has 2 aromatic heterocycles. The monoisotopic (exact) mass is 846 g/mol. The largest absolute Gasteiger partial charge is 0.573 e. The van der Waals surface area contributed by atoms with E-state index >= 15 is 0 Å². The van der Waals surface area contributed by atoms with E-state index in [1.54, 1.807) is 0 Å². The second-order valence-electron chi connectivity index (χ2n) is 10.5. The summed E-state index contributed by atoms with van der Waals surface area (Å²) in [6, 6.07) is 4.98. The first-order chi connectivity index (χ1) is 25.9. The molecule has 25 heteroatoms. The lowest BCUT2D eigenvalue weighted by molar-refractivity contribution is -0.275. The Morgan fingerprint density at radius 3 is 1.59 bits per heavy atom. The van der Waals surface area contributed by atoms with E-state index in [1.807, 2.05) is 5.10 Å². The van der Waals surface area contributed by atoms with Crippen molar-refractivity contribution in [1.29, 1.82) is 0 Å². The third-order valence-corrected chi connectivity index (χ3v) is 7.05. The summed E-state index contributed by atoms with van der Waals surface area (Å²) in [5, 5.41) is 13.4. The molecule has 5 rings (SSSR count). The van der Waals surface area contributed by atoms with Crippen molar-refractivity contribution in [1.82, 2.24) is 20.4 Å². The number of amides is 2. The normalized spacial score (nSPS) is 11.6. The van der Waals surface area contributed by atoms with Gasteiger partial charge in [0, 0.05) is 18.2 Å². The van der Waals surface area contributed by atoms with Crippen molar-refractivity contribution in [3.8, 4) is 17.2 Å². The molecule has 0 saturated heterocycles. The maximum atomic E-state index is 13.7. The number of aromatic amines is 2. The smallest absolute Gasteiger partial charge is 0.453 e. The lowest BCUT2D eigenvalue weighted by atomic mass is 10.1. The van der Waals surface area contributed by atoms with E-state index < -0.39 is 103 Å². The van der Waals surface area contributed by atoms with Gasteiger partial charge < -0.3 is 20.1 Å². The summed E-state index contributed by atoms with van der Waals surface area (Å²) in [7, 11) is 0. The summed E-state index contributed by atoms with van der Waals surface area (Å²) in [6.07, 6.45) is -13.1. The molecular weight excluding hydrogens is 832 g/mol. The van der Waals surface area contributed by atoms with Gasteiger partial charge in [-0.1, -0.05) is 23.2 Å². The molecule has 4 N–H and O–H groups in total. The Morgan fingerprint density at radius 1 is 0.625 bits per heavy atom. The Balaban J connectivity index is 0.000000273. The van der Waals surface area contributed by atoms with Crippen LogP contribution >= 0.6 is 23.2 Å². The predicted molar refractivity (Wildman–Crippen MR) is 172 cm³/mol. The first-order valence-corrected chi connectivity index (χ1v) is 15.1. The number of alkyl halides is 9. The second-order valence-corrected chi connectivity index (χ2v) is 11.3. The number of nitrogens with zero attached hydrogens (tertiary/aromatic N) is 2. The standard InChI is InChI=1S/C19H9ClF7N3O4.C12H6ClF4N3O2/c20-12-5-10(17(32)29-9-4-16(31)30-28-7-9)14(6-11(12)18(22,23)24)33-13-2-1-8(21)3-15(13)34-19(25,26)27;13-8-2-6(9(14)3-7(8)12(15,16)17)11(22)19-5-1-10(21)20-18-4-5/h1-7H,(H2,29,30,31,32);1-4H,(H2,19,20,21,22). The SMILES string of the molecule is O=C(Nc1cn[nH]c(=O)c1)c1cc(Cl)c(C(F)(F)F)cc1F.O=C(Nc1cn[nH]c(=O)c1)c1cc(Cl)c(C(F)(F)F)cc1Oc1ccc(F)cc1OC(F)(F)F. The lowest BCUT2D eigenvalue weighted by Gasteiger charge is -2.18. The zero-order chi connectivity index (χ0) is 41.7. The van der Waals surface area contributed by atoms with Crippen molar-refractivity contribution in [2.24, 2.45) is 0 Å². The van der Waals surface area contributed by atoms with Crippen LogP contribution in [0.5, 0.6) is 17.2 Å². The second kappa shape index (κ2) is 16.6. The number of H-pyrrole nitrogens is 2. The average Bonchev–Trinajstić information content (AvgIpc) is 3.06. The van der Waals surface area contributed by atoms with Crippen molar-refractivity contribution in [2.45, 2.75) is 18.7 Å². The van der Waals surface area contributed by atoms with E-state index in [0.29, 0.717) is 24.3 Å². The highest BCUT2D eigenvalue weighted by atomic mass is 35.5. The molecule has 2 amide bonds. The van der Waals surface area contributed by atoms with Crippen molar-refractivity contribution >= 4 is 46.4 Å². The fourth-order valence-electron chi connectivity index (χ4n) is 4.15. The quantitative estimate of drug-likeness (QED) is 0.119. The van der Waals surface area contributed by atoms with Crippen LogP contribution in [0.25, 0.3) is 0 Å². The Kier molecular flexibility index (Phi) is 12.6. The van der Waals surface area contributed by atoms with E-state index in [0.717, 1.165) is 24.5 Å². The maximum Gasteiger partial charge on any atom is 0.573 e. The fraction of sp³-hybridized carbons (Fsp3) is 0.0968. The molecule has 0 spiro atoms. The molecule has 0 radical (unpaired) electrons. The Bertz CT molecular complexity index is 2400. The fourth-order valence-corrected chi connectivity index (χ4v) is 4.69. The maximum absolute atomic E-state index is 13.7. The molecule has 3 aromatic carbocycles. The van der Waals surface area contributed by atoms with Gasteiger partial charge >= 0.3 is 18.7 Å². The molecule has 296 valence electrons. The summed E-state index contributed by atoms with van der Waals surface area (Å²) in [5.41, 5.74) is -5.79. The van der Waals surface area contributed by atoms with Crippen LogP contribution < -0.4 is 31.2 Å². The first-order valence-electron chi connectivity index (χ1n) is 14.3. The number of halogens is 13. The van der Waals surface area contributed by atoms with Gasteiger partial charge in [0.25, 0.3) is 22.9 Å². The van der Waals surface area contributed by atoms with Crippen LogP contribution in [0.1, 0.15) is 31.8 Å². The molecule has 0 saturated carbocycles. The van der Waals surface area contributed by atoms with Crippen LogP contribution in [0, 0.1) is 11.6 Å². The van der Waals surface area contributed by atoms with Crippen LogP contribution in [0.3, 0.4) is 0 Å². The predicted octanol–water partition coefficient (Wildman–Crippen LogP) is 8.36. The van der Waals surface area contributed by atoms with E-state index in [9.17, 15) is 67.5 Å². The van der Waals surface area contributed by atoms with Crippen molar-refractivity contribution in [2.75, 3.05) is 10.6 Å². The van der Waals surface area contributed by atoms with Crippen molar-refractivity contribution in [3.05, 3.63) is 132 Å². The highest BCUT2D eigenvalue weighted by Crippen LogP contribution is 2.42. The third kappa shape index (κ3) is 11.4. The van der Waals surface area contributed by atoms with E-state index in [4.69, 9.17) is 27.9 Å². The summed E-state index contributed by atoms with van der Waals surface area (Å²) in [6.45, 7) is 0. The summed E-state index contributed by atoms with van der Waals surface area (Å²) in [4.78, 5) is 46.8. The molecule has 12 nitrogen and oxygen atoms in total. The van der Waals surface area contributed by atoms with Crippen LogP contribution in [-0.4, -0.2) is 38.6 Å². The van der Waals surface area contributed by atoms with Gasteiger partial charge in [0.1, 0.15) is 17.4 Å². The number of benzene rings is 3. The number of carbonyl (C=O) groups excluding carboxylic acids is 2. The van der Waals surface area contributed by atoms with E-state index in [1.165, 1.54) is 0 Å². The molecule has 2 heterocycles. The van der Waals surface area contributed by atoms with E-state index in [2.05, 4.69) is 30.7 Å².